The lowest BCUT2D eigenvalue weighted by Crippen LogP contribution is -2.60. The van der Waals surface area contributed by atoms with Crippen molar-refractivity contribution in [3.63, 3.8) is 0 Å². The van der Waals surface area contributed by atoms with Gasteiger partial charge < -0.3 is 34.3 Å². The van der Waals surface area contributed by atoms with Gasteiger partial charge in [-0.25, -0.2) is 4.18 Å². The quantitative estimate of drug-likeness (QED) is 0.0225. The highest BCUT2D eigenvalue weighted by atomic mass is 32.3. The second-order valence-corrected chi connectivity index (χ2v) is 14.5. The molecule has 6 atom stereocenters. The maximum Gasteiger partial charge on any atom is 0.397 e. The minimum Gasteiger partial charge on any atom is -0.457 e. The smallest absolute Gasteiger partial charge is 0.397 e. The molecule has 0 aromatic carbocycles. The van der Waals surface area contributed by atoms with Crippen LogP contribution in [0.15, 0.2) is 60.8 Å². The summed E-state index contributed by atoms with van der Waals surface area (Å²) in [6, 6.07) is 0. The van der Waals surface area contributed by atoms with Gasteiger partial charge in [0, 0.05) is 13.0 Å². The fourth-order valence-electron chi connectivity index (χ4n) is 5.64. The lowest BCUT2D eigenvalue weighted by Gasteiger charge is -2.41. The number of ether oxygens (including phenoxy) is 4. The zero-order chi connectivity index (χ0) is 39.7. The molecule has 6 unspecified atom stereocenters. The number of rotatable bonds is 33. The minimum atomic E-state index is -5.05. The summed E-state index contributed by atoms with van der Waals surface area (Å²) in [5, 5.41) is 30.3. The van der Waals surface area contributed by atoms with E-state index in [1.165, 1.54) is 32.1 Å². The lowest BCUT2D eigenvalue weighted by molar-refractivity contribution is -0.301. The Kier molecular flexibility index (Phi) is 30.4. The highest BCUT2D eigenvalue weighted by Crippen LogP contribution is 2.26. The molecule has 1 heterocycles. The van der Waals surface area contributed by atoms with Crippen molar-refractivity contribution in [2.24, 2.45) is 0 Å². The van der Waals surface area contributed by atoms with E-state index < -0.39 is 59.8 Å². The molecule has 1 aliphatic rings. The van der Waals surface area contributed by atoms with Crippen LogP contribution in [0.4, 0.5) is 0 Å². The number of aliphatic hydroxyl groups is 3. The van der Waals surface area contributed by atoms with Gasteiger partial charge in [0.1, 0.15) is 30.5 Å². The molecule has 0 bridgehead atoms. The largest absolute Gasteiger partial charge is 0.457 e. The van der Waals surface area contributed by atoms with Crippen molar-refractivity contribution in [2.45, 2.75) is 166 Å². The molecule has 0 aliphatic carbocycles. The molecule has 0 radical (unpaired) electrons. The van der Waals surface area contributed by atoms with E-state index in [2.05, 4.69) is 71.9 Å². The first-order chi connectivity index (χ1) is 26.1. The molecule has 1 saturated heterocycles. The monoisotopic (exact) mass is 786 g/mol. The van der Waals surface area contributed by atoms with E-state index in [9.17, 15) is 28.5 Å². The molecule has 1 aliphatic heterocycles. The van der Waals surface area contributed by atoms with Crippen molar-refractivity contribution >= 4 is 16.4 Å². The molecule has 1 fully saturated rings. The van der Waals surface area contributed by atoms with Crippen molar-refractivity contribution in [3.8, 4) is 0 Å². The van der Waals surface area contributed by atoms with Gasteiger partial charge >= 0.3 is 16.4 Å². The Morgan fingerprint density at radius 1 is 0.722 bits per heavy atom. The number of hydrogen-bond acceptors (Lipinski definition) is 11. The Morgan fingerprint density at radius 3 is 1.83 bits per heavy atom. The average Bonchev–Trinajstić information content (AvgIpc) is 3.14. The number of esters is 1. The predicted octanol–water partition coefficient (Wildman–Crippen LogP) is 7.40. The van der Waals surface area contributed by atoms with Gasteiger partial charge in [0.2, 0.25) is 0 Å². The highest BCUT2D eigenvalue weighted by molar-refractivity contribution is 7.80. The SMILES string of the molecule is CC/C=C\C/C=C\C/C=C\C/C=C\C/C=C\CCCCCCCCCCOCC(COC1OC(CO)C(O)C(OS(=O)(=O)O)C1O)OC(=O)CCCCC. The second-order valence-electron chi connectivity index (χ2n) is 13.5. The Bertz CT molecular complexity index is 1180. The molecule has 4 N–H and O–H groups in total. The first kappa shape index (κ1) is 49.8. The summed E-state index contributed by atoms with van der Waals surface area (Å²) in [5.41, 5.74) is 0. The summed E-state index contributed by atoms with van der Waals surface area (Å²) in [5.74, 6) is -0.431. The van der Waals surface area contributed by atoms with Crippen LogP contribution in [-0.2, 0) is 38.3 Å². The van der Waals surface area contributed by atoms with E-state index in [0.717, 1.165) is 70.6 Å². The number of carbonyl (C=O) groups excluding carboxylic acids is 1. The number of unbranched alkanes of at least 4 members (excludes halogenated alkanes) is 10. The first-order valence-corrected chi connectivity index (χ1v) is 21.4. The molecule has 1 rings (SSSR count). The topological polar surface area (TPSA) is 178 Å². The standard InChI is InChI=1S/C41H70O12S/c1-3-5-7-8-9-10-11-12-13-14-15-16-17-18-19-20-21-22-23-24-25-26-27-29-31-49-33-35(51-37(43)30-28-6-4-2)34-50-41-39(45)40(53-54(46,47)48)38(44)36(32-42)52-41/h5,7,9-10,12-13,15-16,18-19,35-36,38-42,44-45H,3-4,6,8,11,14,17,20-34H2,1-2H3,(H,46,47,48)/b7-5-,10-9-,13-12-,16-15-,19-18-. The van der Waals surface area contributed by atoms with Crippen molar-refractivity contribution in [2.75, 3.05) is 26.4 Å². The van der Waals surface area contributed by atoms with E-state index in [1.807, 2.05) is 6.92 Å². The van der Waals surface area contributed by atoms with Crippen molar-refractivity contribution < 1.29 is 56.2 Å². The van der Waals surface area contributed by atoms with Gasteiger partial charge in [-0.05, 0) is 57.8 Å². The molecule has 0 spiro atoms. The summed E-state index contributed by atoms with van der Waals surface area (Å²) in [7, 11) is -5.05. The maximum atomic E-state index is 12.4. The third kappa shape index (κ3) is 26.6. The summed E-state index contributed by atoms with van der Waals surface area (Å²) < 4.78 is 58.3. The first-order valence-electron chi connectivity index (χ1n) is 20.0. The van der Waals surface area contributed by atoms with Gasteiger partial charge in [-0.3, -0.25) is 9.35 Å². The van der Waals surface area contributed by atoms with Crippen LogP contribution in [0.5, 0.6) is 0 Å². The van der Waals surface area contributed by atoms with Gasteiger partial charge in [-0.15, -0.1) is 0 Å². The van der Waals surface area contributed by atoms with Crippen LogP contribution >= 0.6 is 0 Å². The highest BCUT2D eigenvalue weighted by Gasteiger charge is 2.48. The normalized spacial score (nSPS) is 21.8. The summed E-state index contributed by atoms with van der Waals surface area (Å²) in [6.45, 7) is 3.63. The third-order valence-corrected chi connectivity index (χ3v) is 9.12. The average molecular weight is 787 g/mol. The van der Waals surface area contributed by atoms with Crippen molar-refractivity contribution in [1.29, 1.82) is 0 Å². The molecule has 0 amide bonds. The van der Waals surface area contributed by atoms with Crippen LogP contribution in [0.1, 0.15) is 129 Å². The van der Waals surface area contributed by atoms with E-state index in [4.69, 9.17) is 23.5 Å². The number of aliphatic hydroxyl groups excluding tert-OH is 3. The minimum absolute atomic E-state index is 0.0250. The van der Waals surface area contributed by atoms with Gasteiger partial charge in [0.05, 0.1) is 19.8 Å². The molecule has 0 aromatic heterocycles. The van der Waals surface area contributed by atoms with Crippen molar-refractivity contribution in [1.82, 2.24) is 0 Å². The molecular formula is C41H70O12S. The van der Waals surface area contributed by atoms with Gasteiger partial charge in [0.25, 0.3) is 0 Å². The molecule has 12 nitrogen and oxygen atoms in total. The Labute approximate surface area is 325 Å². The van der Waals surface area contributed by atoms with Gasteiger partial charge in [-0.1, -0.05) is 126 Å². The molecule has 0 saturated carbocycles. The van der Waals surface area contributed by atoms with Crippen LogP contribution in [0.25, 0.3) is 0 Å². The fraction of sp³-hybridized carbons (Fsp3) is 0.732. The van der Waals surface area contributed by atoms with E-state index >= 15 is 0 Å². The predicted molar refractivity (Wildman–Crippen MR) is 211 cm³/mol. The molecule has 13 heteroatoms. The second kappa shape index (κ2) is 33.0. The van der Waals surface area contributed by atoms with Crippen molar-refractivity contribution in [3.05, 3.63) is 60.8 Å². The Hall–Kier alpha value is -2.20. The van der Waals surface area contributed by atoms with Crippen LogP contribution in [-0.4, -0.2) is 97.5 Å². The lowest BCUT2D eigenvalue weighted by atomic mass is 9.99. The van der Waals surface area contributed by atoms with Gasteiger partial charge in [-0.2, -0.15) is 8.42 Å². The number of carbonyl (C=O) groups is 1. The van der Waals surface area contributed by atoms with Crippen LogP contribution in [0.3, 0.4) is 0 Å². The zero-order valence-electron chi connectivity index (χ0n) is 32.8. The molecule has 54 heavy (non-hydrogen) atoms. The van der Waals surface area contributed by atoms with E-state index in [0.29, 0.717) is 13.0 Å². The third-order valence-electron chi connectivity index (χ3n) is 8.65. The maximum absolute atomic E-state index is 12.4. The fourth-order valence-corrected chi connectivity index (χ4v) is 6.15. The molecular weight excluding hydrogens is 717 g/mol. The summed E-state index contributed by atoms with van der Waals surface area (Å²) in [4.78, 5) is 12.4. The zero-order valence-corrected chi connectivity index (χ0v) is 33.6. The summed E-state index contributed by atoms with van der Waals surface area (Å²) in [6.07, 6.45) is 30.8. The van der Waals surface area contributed by atoms with E-state index in [-0.39, 0.29) is 19.6 Å². The number of hydrogen-bond donors (Lipinski definition) is 4. The van der Waals surface area contributed by atoms with Crippen LogP contribution < -0.4 is 0 Å². The molecule has 0 aromatic rings. The van der Waals surface area contributed by atoms with E-state index in [1.54, 1.807) is 0 Å². The van der Waals surface area contributed by atoms with Crippen LogP contribution in [0.2, 0.25) is 0 Å². The van der Waals surface area contributed by atoms with Gasteiger partial charge in [0.15, 0.2) is 6.29 Å². The number of allylic oxidation sites excluding steroid dienone is 10. The van der Waals surface area contributed by atoms with Crippen LogP contribution in [0, 0.1) is 0 Å². The molecule has 312 valence electrons. The Morgan fingerprint density at radius 2 is 1.28 bits per heavy atom. The summed E-state index contributed by atoms with van der Waals surface area (Å²) >= 11 is 0. The Balaban J connectivity index is 2.25.